The van der Waals surface area contributed by atoms with E-state index in [0.29, 0.717) is 5.41 Å². The van der Waals surface area contributed by atoms with Crippen LogP contribution >= 0.6 is 0 Å². The summed E-state index contributed by atoms with van der Waals surface area (Å²) < 4.78 is 0. The second-order valence-electron chi connectivity index (χ2n) is 7.51. The Balaban J connectivity index is 3.92. The van der Waals surface area contributed by atoms with Crippen LogP contribution in [-0.2, 0) is 0 Å². The Morgan fingerprint density at radius 2 is 1.39 bits per heavy atom. The summed E-state index contributed by atoms with van der Waals surface area (Å²) in [5.41, 5.74) is 0.613. The molecule has 0 amide bonds. The van der Waals surface area contributed by atoms with E-state index in [-0.39, 0.29) is 0 Å². The van der Waals surface area contributed by atoms with Crippen LogP contribution in [-0.4, -0.2) is 0 Å². The summed E-state index contributed by atoms with van der Waals surface area (Å²) in [4.78, 5) is 0. The molecule has 110 valence electrons. The second-order valence-corrected chi connectivity index (χ2v) is 7.51. The molecule has 0 aromatic carbocycles. The van der Waals surface area contributed by atoms with Crippen LogP contribution in [0.3, 0.4) is 0 Å². The first-order chi connectivity index (χ1) is 8.39. The van der Waals surface area contributed by atoms with E-state index < -0.39 is 0 Å². The molecule has 0 spiro atoms. The molecule has 1 unspecified atom stereocenters. The van der Waals surface area contributed by atoms with Crippen LogP contribution in [0.4, 0.5) is 0 Å². The maximum atomic E-state index is 2.53. The van der Waals surface area contributed by atoms with Crippen molar-refractivity contribution in [1.82, 2.24) is 0 Å². The summed E-state index contributed by atoms with van der Waals surface area (Å²) in [6.07, 6.45) is 12.8. The van der Waals surface area contributed by atoms with Crippen LogP contribution in [0.2, 0.25) is 0 Å². The molecule has 0 saturated carbocycles. The molecule has 0 heterocycles. The molecular weight excluding hydrogens is 216 g/mol. The quantitative estimate of drug-likeness (QED) is 0.354. The molecule has 0 saturated heterocycles. The fourth-order valence-corrected chi connectivity index (χ4v) is 3.20. The van der Waals surface area contributed by atoms with Gasteiger partial charge in [-0.3, -0.25) is 0 Å². The first-order valence-corrected chi connectivity index (χ1v) is 8.39. The van der Waals surface area contributed by atoms with Crippen molar-refractivity contribution < 1.29 is 0 Å². The lowest BCUT2D eigenvalue weighted by molar-refractivity contribution is 0.203. The summed E-state index contributed by atoms with van der Waals surface area (Å²) in [5, 5.41) is 0. The highest BCUT2D eigenvalue weighted by Gasteiger charge is 2.24. The zero-order valence-electron chi connectivity index (χ0n) is 14.0. The van der Waals surface area contributed by atoms with Crippen LogP contribution in [0.1, 0.15) is 99.3 Å². The van der Waals surface area contributed by atoms with Gasteiger partial charge in [0, 0.05) is 0 Å². The van der Waals surface area contributed by atoms with Crippen molar-refractivity contribution in [3.8, 4) is 0 Å². The van der Waals surface area contributed by atoms with Gasteiger partial charge in [-0.25, -0.2) is 0 Å². The molecule has 0 fully saturated rings. The van der Waals surface area contributed by atoms with E-state index in [9.17, 15) is 0 Å². The van der Waals surface area contributed by atoms with Crippen LogP contribution in [0.25, 0.3) is 0 Å². The summed E-state index contributed by atoms with van der Waals surface area (Å²) in [5.74, 6) is 1.73. The number of hydrogen-bond acceptors (Lipinski definition) is 0. The molecule has 0 heteroatoms. The lowest BCUT2D eigenvalue weighted by Crippen LogP contribution is -2.19. The van der Waals surface area contributed by atoms with Gasteiger partial charge in [-0.2, -0.15) is 0 Å². The third-order valence-corrected chi connectivity index (χ3v) is 4.10. The van der Waals surface area contributed by atoms with Crippen molar-refractivity contribution in [3.05, 3.63) is 0 Å². The Bertz CT molecular complexity index is 180. The monoisotopic (exact) mass is 254 g/mol. The molecule has 0 aromatic rings. The van der Waals surface area contributed by atoms with Gasteiger partial charge in [-0.05, 0) is 36.5 Å². The van der Waals surface area contributed by atoms with Crippen molar-refractivity contribution in [3.63, 3.8) is 0 Å². The zero-order chi connectivity index (χ0) is 14.0. The highest BCUT2D eigenvalue weighted by Crippen LogP contribution is 2.37. The third kappa shape index (κ3) is 9.97. The largest absolute Gasteiger partial charge is 0.0654 e. The van der Waals surface area contributed by atoms with Crippen molar-refractivity contribution >= 4 is 0 Å². The Kier molecular flexibility index (Phi) is 9.87. The molecule has 0 aliphatic carbocycles. The van der Waals surface area contributed by atoms with Crippen molar-refractivity contribution in [1.29, 1.82) is 0 Å². The van der Waals surface area contributed by atoms with E-state index in [0.717, 1.165) is 11.8 Å². The molecule has 0 N–H and O–H groups in total. The predicted octanol–water partition coefficient (Wildman–Crippen LogP) is 6.84. The highest BCUT2D eigenvalue weighted by atomic mass is 14.3. The summed E-state index contributed by atoms with van der Waals surface area (Å²) in [7, 11) is 0. The number of hydrogen-bond donors (Lipinski definition) is 0. The zero-order valence-corrected chi connectivity index (χ0v) is 14.0. The predicted molar refractivity (Wildman–Crippen MR) is 85.0 cm³/mol. The Labute approximate surface area is 117 Å². The van der Waals surface area contributed by atoms with Gasteiger partial charge in [0.15, 0.2) is 0 Å². The first kappa shape index (κ1) is 18.0. The van der Waals surface area contributed by atoms with Gasteiger partial charge in [0.25, 0.3) is 0 Å². The number of unbranched alkanes of at least 4 members (excludes halogenated alkanes) is 3. The van der Waals surface area contributed by atoms with Gasteiger partial charge in [-0.1, -0.05) is 80.1 Å². The molecule has 1 atom stereocenters. The molecule has 0 aliphatic rings. The standard InChI is InChI=1S/C18H38/c1-7-8-13-18(6,15-17(4)5)14-11-9-10-12-16(2)3/h16-17H,7-15H2,1-6H3. The highest BCUT2D eigenvalue weighted by molar-refractivity contribution is 4.75. The van der Waals surface area contributed by atoms with E-state index in [2.05, 4.69) is 41.5 Å². The molecule has 0 rings (SSSR count). The molecule has 0 bridgehead atoms. The van der Waals surface area contributed by atoms with Crippen LogP contribution in [0.15, 0.2) is 0 Å². The van der Waals surface area contributed by atoms with Crippen LogP contribution < -0.4 is 0 Å². The average molecular weight is 255 g/mol. The Morgan fingerprint density at radius 3 is 1.89 bits per heavy atom. The fraction of sp³-hybridized carbons (Fsp3) is 1.00. The van der Waals surface area contributed by atoms with E-state index in [4.69, 9.17) is 0 Å². The Morgan fingerprint density at radius 1 is 0.778 bits per heavy atom. The van der Waals surface area contributed by atoms with Crippen molar-refractivity contribution in [2.24, 2.45) is 17.3 Å². The summed E-state index contributed by atoms with van der Waals surface area (Å²) in [6.45, 7) is 14.3. The number of rotatable bonds is 11. The minimum Gasteiger partial charge on any atom is -0.0654 e. The summed E-state index contributed by atoms with van der Waals surface area (Å²) in [6, 6.07) is 0. The topological polar surface area (TPSA) is 0 Å². The molecule has 0 aromatic heterocycles. The minimum atomic E-state index is 0.613. The Hall–Kier alpha value is 0. The van der Waals surface area contributed by atoms with E-state index in [1.54, 1.807) is 0 Å². The SMILES string of the molecule is CCCCC(C)(CCCCCC(C)C)CC(C)C. The molecule has 0 nitrogen and oxygen atoms in total. The van der Waals surface area contributed by atoms with E-state index >= 15 is 0 Å². The van der Waals surface area contributed by atoms with E-state index in [1.165, 1.54) is 57.8 Å². The van der Waals surface area contributed by atoms with Gasteiger partial charge < -0.3 is 0 Å². The maximum Gasteiger partial charge on any atom is -0.0323 e. The second kappa shape index (κ2) is 9.87. The normalized spacial score (nSPS) is 15.3. The third-order valence-electron chi connectivity index (χ3n) is 4.10. The first-order valence-electron chi connectivity index (χ1n) is 8.39. The van der Waals surface area contributed by atoms with Crippen molar-refractivity contribution in [2.75, 3.05) is 0 Å². The van der Waals surface area contributed by atoms with Gasteiger partial charge >= 0.3 is 0 Å². The van der Waals surface area contributed by atoms with Gasteiger partial charge in [0.1, 0.15) is 0 Å². The minimum absolute atomic E-state index is 0.613. The maximum absolute atomic E-state index is 2.53. The lowest BCUT2D eigenvalue weighted by atomic mass is 9.74. The molecule has 0 radical (unpaired) electrons. The van der Waals surface area contributed by atoms with Gasteiger partial charge in [0.2, 0.25) is 0 Å². The van der Waals surface area contributed by atoms with Gasteiger partial charge in [-0.15, -0.1) is 0 Å². The van der Waals surface area contributed by atoms with E-state index in [1.807, 2.05) is 0 Å². The smallest absolute Gasteiger partial charge is 0.0323 e. The van der Waals surface area contributed by atoms with Crippen LogP contribution in [0, 0.1) is 17.3 Å². The lowest BCUT2D eigenvalue weighted by Gasteiger charge is -2.31. The molecular formula is C18H38. The van der Waals surface area contributed by atoms with Crippen molar-refractivity contribution in [2.45, 2.75) is 99.3 Å². The average Bonchev–Trinajstić information content (AvgIpc) is 2.24. The molecule has 18 heavy (non-hydrogen) atoms. The van der Waals surface area contributed by atoms with Crippen LogP contribution in [0.5, 0.6) is 0 Å². The molecule has 0 aliphatic heterocycles. The fourth-order valence-electron chi connectivity index (χ4n) is 3.20. The van der Waals surface area contributed by atoms with Gasteiger partial charge in [0.05, 0.1) is 0 Å². The summed E-state index contributed by atoms with van der Waals surface area (Å²) >= 11 is 0.